The van der Waals surface area contributed by atoms with Gasteiger partial charge < -0.3 is 19.9 Å². The Morgan fingerprint density at radius 2 is 1.89 bits per heavy atom. The van der Waals surface area contributed by atoms with Gasteiger partial charge in [0.15, 0.2) is 0 Å². The number of ether oxygens (including phenoxy) is 1. The lowest BCUT2D eigenvalue weighted by Crippen LogP contribution is -2.71. The second-order valence-corrected chi connectivity index (χ2v) is 7.16. The number of fused-ring (bicyclic) bond motifs is 2. The van der Waals surface area contributed by atoms with Crippen LogP contribution in [0.2, 0.25) is 0 Å². The molecule has 1 aromatic heterocycles. The first-order valence-electron chi connectivity index (χ1n) is 9.43. The molecule has 7 nitrogen and oxygen atoms in total. The quantitative estimate of drug-likeness (QED) is 0.900. The Morgan fingerprint density at radius 3 is 2.52 bits per heavy atom. The van der Waals surface area contributed by atoms with Crippen molar-refractivity contribution in [2.75, 3.05) is 29.9 Å². The minimum absolute atomic E-state index is 0.0323. The lowest BCUT2D eigenvalue weighted by atomic mass is 9.88. The minimum atomic E-state index is -0.0323. The Bertz CT molecular complexity index is 807. The van der Waals surface area contributed by atoms with Gasteiger partial charge in [-0.1, -0.05) is 0 Å². The zero-order chi connectivity index (χ0) is 19.0. The highest BCUT2D eigenvalue weighted by Crippen LogP contribution is 2.34. The van der Waals surface area contributed by atoms with Gasteiger partial charge >= 0.3 is 6.03 Å². The number of aromatic nitrogens is 2. The van der Waals surface area contributed by atoms with Gasteiger partial charge in [0, 0.05) is 30.5 Å². The number of aryl methyl sites for hydroxylation is 2. The topological polar surface area (TPSA) is 70.6 Å². The molecule has 2 amide bonds. The van der Waals surface area contributed by atoms with Crippen molar-refractivity contribution in [1.82, 2.24) is 14.9 Å². The maximum absolute atomic E-state index is 12.7. The summed E-state index contributed by atoms with van der Waals surface area (Å²) in [6, 6.07) is 9.92. The highest BCUT2D eigenvalue weighted by atomic mass is 16.5. The van der Waals surface area contributed by atoms with Crippen molar-refractivity contribution >= 4 is 17.5 Å². The van der Waals surface area contributed by atoms with E-state index in [0.717, 1.165) is 48.3 Å². The van der Waals surface area contributed by atoms with Gasteiger partial charge in [0.25, 0.3) is 0 Å². The highest BCUT2D eigenvalue weighted by Gasteiger charge is 2.47. The fourth-order valence-electron chi connectivity index (χ4n) is 3.98. The molecule has 0 saturated carbocycles. The molecule has 3 fully saturated rings. The largest absolute Gasteiger partial charge is 0.494 e. The molecule has 2 unspecified atom stereocenters. The minimum Gasteiger partial charge on any atom is -0.494 e. The molecule has 27 heavy (non-hydrogen) atoms. The molecule has 142 valence electrons. The maximum Gasteiger partial charge on any atom is 0.322 e. The third-order valence-electron chi connectivity index (χ3n) is 5.12. The lowest BCUT2D eigenvalue weighted by molar-refractivity contribution is 0.0436. The van der Waals surface area contributed by atoms with Gasteiger partial charge in [0.2, 0.25) is 0 Å². The number of benzene rings is 1. The average Bonchev–Trinajstić information content (AvgIpc) is 2.63. The fraction of sp³-hybridized carbons (Fsp3) is 0.450. The number of amides is 2. The van der Waals surface area contributed by atoms with Crippen LogP contribution in [-0.2, 0) is 0 Å². The van der Waals surface area contributed by atoms with Gasteiger partial charge in [0.05, 0.1) is 18.7 Å². The predicted molar refractivity (Wildman–Crippen MR) is 104 cm³/mol. The van der Waals surface area contributed by atoms with Crippen molar-refractivity contribution in [2.24, 2.45) is 0 Å². The summed E-state index contributed by atoms with van der Waals surface area (Å²) in [7, 11) is 0. The van der Waals surface area contributed by atoms with E-state index >= 15 is 0 Å². The van der Waals surface area contributed by atoms with Crippen molar-refractivity contribution in [3.8, 4) is 5.75 Å². The van der Waals surface area contributed by atoms with E-state index in [1.807, 2.05) is 56.0 Å². The van der Waals surface area contributed by atoms with E-state index < -0.39 is 0 Å². The first-order valence-corrected chi connectivity index (χ1v) is 9.43. The number of carbonyl (C=O) groups is 1. The van der Waals surface area contributed by atoms with Gasteiger partial charge in [-0.05, 0) is 51.5 Å². The van der Waals surface area contributed by atoms with Crippen LogP contribution in [0.1, 0.15) is 24.9 Å². The molecule has 3 aliphatic rings. The summed E-state index contributed by atoms with van der Waals surface area (Å²) in [6.45, 7) is 8.10. The van der Waals surface area contributed by atoms with Crippen LogP contribution in [0.25, 0.3) is 0 Å². The van der Waals surface area contributed by atoms with E-state index in [-0.39, 0.29) is 18.1 Å². The molecule has 4 heterocycles. The second kappa shape index (κ2) is 7.06. The normalized spacial score (nSPS) is 20.9. The summed E-state index contributed by atoms with van der Waals surface area (Å²) in [5.41, 5.74) is 1.76. The number of piperidine rings is 1. The Morgan fingerprint density at radius 1 is 1.19 bits per heavy atom. The number of anilines is 2. The second-order valence-electron chi connectivity index (χ2n) is 7.16. The van der Waals surface area contributed by atoms with Crippen LogP contribution in [0.3, 0.4) is 0 Å². The Labute approximate surface area is 159 Å². The summed E-state index contributed by atoms with van der Waals surface area (Å²) in [4.78, 5) is 25.8. The third-order valence-corrected chi connectivity index (χ3v) is 5.12. The Balaban J connectivity index is 1.38. The molecular weight excluding hydrogens is 342 g/mol. The van der Waals surface area contributed by atoms with Gasteiger partial charge in [0.1, 0.15) is 17.4 Å². The van der Waals surface area contributed by atoms with E-state index in [2.05, 4.69) is 20.2 Å². The van der Waals surface area contributed by atoms with Crippen molar-refractivity contribution in [3.05, 3.63) is 41.9 Å². The molecule has 1 aromatic carbocycles. The van der Waals surface area contributed by atoms with Crippen LogP contribution in [0, 0.1) is 13.8 Å². The number of piperazine rings is 1. The van der Waals surface area contributed by atoms with Crippen molar-refractivity contribution in [2.45, 2.75) is 39.3 Å². The van der Waals surface area contributed by atoms with Gasteiger partial charge in [-0.2, -0.15) is 0 Å². The van der Waals surface area contributed by atoms with E-state index in [1.165, 1.54) is 0 Å². The number of rotatable bonds is 4. The summed E-state index contributed by atoms with van der Waals surface area (Å²) in [5, 5.41) is 3.00. The molecule has 0 aliphatic carbocycles. The SMILES string of the molecule is CCOc1ccc(NC(=O)N2C3CC2CN(c2cc(C)nc(C)n2)C3)cc1. The molecular formula is C20H25N5O2. The van der Waals surface area contributed by atoms with E-state index in [0.29, 0.717) is 6.61 Å². The smallest absolute Gasteiger partial charge is 0.322 e. The third kappa shape index (κ3) is 3.54. The molecule has 3 aliphatic heterocycles. The summed E-state index contributed by atoms with van der Waals surface area (Å²) >= 11 is 0. The van der Waals surface area contributed by atoms with Crippen LogP contribution in [0.15, 0.2) is 30.3 Å². The average molecular weight is 367 g/mol. The maximum atomic E-state index is 12.7. The van der Waals surface area contributed by atoms with Crippen LogP contribution in [0.4, 0.5) is 16.3 Å². The van der Waals surface area contributed by atoms with Gasteiger partial charge in [-0.15, -0.1) is 0 Å². The molecule has 3 saturated heterocycles. The number of hydrogen-bond acceptors (Lipinski definition) is 5. The van der Waals surface area contributed by atoms with Crippen LogP contribution >= 0.6 is 0 Å². The molecule has 2 bridgehead atoms. The van der Waals surface area contributed by atoms with Crippen molar-refractivity contribution in [1.29, 1.82) is 0 Å². The van der Waals surface area contributed by atoms with Crippen molar-refractivity contribution < 1.29 is 9.53 Å². The Kier molecular flexibility index (Phi) is 4.59. The Hall–Kier alpha value is -2.83. The number of carbonyl (C=O) groups excluding carboxylic acids is 1. The zero-order valence-corrected chi connectivity index (χ0v) is 16.0. The predicted octanol–water partition coefficient (Wildman–Crippen LogP) is 2.99. The van der Waals surface area contributed by atoms with E-state index in [9.17, 15) is 4.79 Å². The molecule has 2 atom stereocenters. The van der Waals surface area contributed by atoms with Crippen LogP contribution in [-0.4, -0.2) is 52.7 Å². The number of urea groups is 1. The number of nitrogens with one attached hydrogen (secondary N) is 1. The summed E-state index contributed by atoms with van der Waals surface area (Å²) < 4.78 is 5.44. The van der Waals surface area contributed by atoms with Gasteiger partial charge in [-0.3, -0.25) is 0 Å². The molecule has 5 rings (SSSR count). The van der Waals surface area contributed by atoms with E-state index in [1.54, 1.807) is 0 Å². The fourth-order valence-corrected chi connectivity index (χ4v) is 3.98. The number of nitrogens with zero attached hydrogens (tertiary/aromatic N) is 4. The zero-order valence-electron chi connectivity index (χ0n) is 16.0. The highest BCUT2D eigenvalue weighted by molar-refractivity contribution is 5.90. The molecule has 2 aromatic rings. The molecule has 7 heteroatoms. The lowest BCUT2D eigenvalue weighted by Gasteiger charge is -2.56. The van der Waals surface area contributed by atoms with E-state index in [4.69, 9.17) is 4.74 Å². The monoisotopic (exact) mass is 367 g/mol. The standard InChI is InChI=1S/C20H25N5O2/c1-4-27-18-7-5-15(6-8-18)23-20(26)25-16-10-17(25)12-24(11-16)19-9-13(2)21-14(3)22-19/h5-9,16-17H,4,10-12H2,1-3H3,(H,23,26). The number of hydrogen-bond donors (Lipinski definition) is 1. The first-order chi connectivity index (χ1) is 13.0. The molecule has 0 spiro atoms. The summed E-state index contributed by atoms with van der Waals surface area (Å²) in [5.74, 6) is 2.55. The van der Waals surface area contributed by atoms with Crippen LogP contribution in [0.5, 0.6) is 5.75 Å². The van der Waals surface area contributed by atoms with Crippen molar-refractivity contribution in [3.63, 3.8) is 0 Å². The molecule has 0 radical (unpaired) electrons. The first kappa shape index (κ1) is 17.6. The van der Waals surface area contributed by atoms with Crippen LogP contribution < -0.4 is 15.0 Å². The molecule has 1 N–H and O–H groups in total. The summed E-state index contributed by atoms with van der Waals surface area (Å²) in [6.07, 6.45) is 1.05. The van der Waals surface area contributed by atoms with Gasteiger partial charge in [-0.25, -0.2) is 14.8 Å².